The number of nitrogens with zero attached hydrogens (tertiary/aromatic N) is 1. The van der Waals surface area contributed by atoms with Gasteiger partial charge in [0.1, 0.15) is 12.8 Å². The zero-order chi connectivity index (χ0) is 19.7. The van der Waals surface area contributed by atoms with Crippen LogP contribution in [0.4, 0.5) is 0 Å². The summed E-state index contributed by atoms with van der Waals surface area (Å²) in [7, 11) is 2.16. The molecule has 1 saturated carbocycles. The maximum absolute atomic E-state index is 6.58. The van der Waals surface area contributed by atoms with Crippen molar-refractivity contribution in [2.24, 2.45) is 7.05 Å². The van der Waals surface area contributed by atoms with Crippen LogP contribution in [0, 0.1) is 13.8 Å². The van der Waals surface area contributed by atoms with Gasteiger partial charge in [-0.25, -0.2) is 0 Å². The van der Waals surface area contributed by atoms with Crippen molar-refractivity contribution in [1.29, 1.82) is 0 Å². The molecule has 2 heteroatoms. The van der Waals surface area contributed by atoms with E-state index in [0.717, 1.165) is 17.4 Å². The summed E-state index contributed by atoms with van der Waals surface area (Å²) in [6.45, 7) is 4.45. The van der Waals surface area contributed by atoms with Crippen LogP contribution in [0.5, 0.6) is 11.5 Å². The van der Waals surface area contributed by atoms with Gasteiger partial charge in [0.05, 0.1) is 5.56 Å². The predicted octanol–water partition coefficient (Wildman–Crippen LogP) is 6.86. The highest BCUT2D eigenvalue weighted by atomic mass is 16.5. The Balaban J connectivity index is 1.67. The first-order chi connectivity index (χ1) is 14.1. The molecule has 2 aliphatic rings. The minimum Gasteiger partial charge on any atom is -0.449 e. The molecule has 29 heavy (non-hydrogen) atoms. The van der Waals surface area contributed by atoms with Crippen molar-refractivity contribution < 1.29 is 9.30 Å². The standard InChI is InChI=1S/C27H26NO/c1-16-13-20-9-6-10-23-25(20)24(17(16)2)26-27(29-23)22-12-11-19(18-7-4-5-8-18)14-21(22)15-28(26)3/h6,9-15,18H,4-5,7-8H2,1-3H3/q+1. The van der Waals surface area contributed by atoms with Crippen LogP contribution >= 0.6 is 0 Å². The molecule has 1 aromatic heterocycles. The first-order valence-electron chi connectivity index (χ1n) is 10.8. The number of fused-ring (bicyclic) bond motifs is 4. The number of aryl methyl sites for hydroxylation is 2. The van der Waals surface area contributed by atoms with Gasteiger partial charge in [0.25, 0.3) is 5.69 Å². The molecule has 6 rings (SSSR count). The molecule has 0 atom stereocenters. The quantitative estimate of drug-likeness (QED) is 0.289. The summed E-state index contributed by atoms with van der Waals surface area (Å²) in [5.41, 5.74) is 6.67. The lowest BCUT2D eigenvalue weighted by atomic mass is 9.89. The van der Waals surface area contributed by atoms with E-state index in [4.69, 9.17) is 4.74 Å². The van der Waals surface area contributed by atoms with Crippen LogP contribution < -0.4 is 9.30 Å². The monoisotopic (exact) mass is 380 g/mol. The SMILES string of the molecule is Cc1cc2cccc3c2c(c1C)-c1c(c2ccc(C4CCCC4)cc2c[n+]1C)O3. The lowest BCUT2D eigenvalue weighted by Crippen LogP contribution is -2.32. The van der Waals surface area contributed by atoms with Gasteiger partial charge in [-0.3, -0.25) is 0 Å². The maximum Gasteiger partial charge on any atom is 0.257 e. The van der Waals surface area contributed by atoms with E-state index in [2.05, 4.69) is 74.1 Å². The Morgan fingerprint density at radius 1 is 0.966 bits per heavy atom. The van der Waals surface area contributed by atoms with Gasteiger partial charge in [0.2, 0.25) is 5.75 Å². The van der Waals surface area contributed by atoms with Crippen LogP contribution in [0.15, 0.2) is 48.7 Å². The van der Waals surface area contributed by atoms with E-state index in [1.54, 1.807) is 0 Å². The van der Waals surface area contributed by atoms with E-state index < -0.39 is 0 Å². The molecule has 0 saturated heterocycles. The predicted molar refractivity (Wildman–Crippen MR) is 119 cm³/mol. The van der Waals surface area contributed by atoms with Gasteiger partial charge < -0.3 is 4.74 Å². The summed E-state index contributed by atoms with van der Waals surface area (Å²) in [5, 5.41) is 4.98. The molecule has 0 N–H and O–H groups in total. The van der Waals surface area contributed by atoms with Gasteiger partial charge >= 0.3 is 0 Å². The molecule has 0 spiro atoms. The topological polar surface area (TPSA) is 13.1 Å². The Hall–Kier alpha value is -2.87. The number of rotatable bonds is 1. The second kappa shape index (κ2) is 6.06. The Morgan fingerprint density at radius 3 is 2.62 bits per heavy atom. The zero-order valence-electron chi connectivity index (χ0n) is 17.4. The fourth-order valence-corrected chi connectivity index (χ4v) is 5.52. The van der Waals surface area contributed by atoms with Crippen LogP contribution in [0.1, 0.15) is 48.3 Å². The summed E-state index contributed by atoms with van der Waals surface area (Å²) >= 11 is 0. The van der Waals surface area contributed by atoms with Crippen molar-refractivity contribution >= 4 is 21.5 Å². The van der Waals surface area contributed by atoms with Crippen molar-refractivity contribution in [3.05, 3.63) is 65.4 Å². The molecule has 2 nitrogen and oxygen atoms in total. The van der Waals surface area contributed by atoms with Crippen molar-refractivity contribution in [2.45, 2.75) is 45.4 Å². The second-order valence-electron chi connectivity index (χ2n) is 8.90. The third-order valence-corrected chi connectivity index (χ3v) is 7.14. The number of hydrogen-bond donors (Lipinski definition) is 0. The van der Waals surface area contributed by atoms with E-state index in [0.29, 0.717) is 0 Å². The average molecular weight is 381 g/mol. The molecule has 0 radical (unpaired) electrons. The van der Waals surface area contributed by atoms with Gasteiger partial charge in [-0.1, -0.05) is 37.1 Å². The molecule has 1 aliphatic carbocycles. The van der Waals surface area contributed by atoms with Gasteiger partial charge in [-0.15, -0.1) is 0 Å². The van der Waals surface area contributed by atoms with Gasteiger partial charge in [0.15, 0.2) is 6.20 Å². The fourth-order valence-electron chi connectivity index (χ4n) is 5.52. The van der Waals surface area contributed by atoms with Gasteiger partial charge in [0, 0.05) is 16.2 Å². The highest BCUT2D eigenvalue weighted by Crippen LogP contribution is 2.49. The van der Waals surface area contributed by atoms with Crippen LogP contribution in [-0.4, -0.2) is 0 Å². The molecule has 0 amide bonds. The van der Waals surface area contributed by atoms with Crippen molar-refractivity contribution in [3.63, 3.8) is 0 Å². The summed E-state index contributed by atoms with van der Waals surface area (Å²) in [6, 6.07) is 15.7. The average Bonchev–Trinajstić information content (AvgIpc) is 3.26. The second-order valence-corrected chi connectivity index (χ2v) is 8.90. The number of benzene rings is 3. The first-order valence-corrected chi connectivity index (χ1v) is 10.8. The zero-order valence-corrected chi connectivity index (χ0v) is 17.4. The van der Waals surface area contributed by atoms with Gasteiger partial charge in [-0.05, 0) is 72.9 Å². The Bertz CT molecular complexity index is 1310. The highest BCUT2D eigenvalue weighted by Gasteiger charge is 2.32. The minimum absolute atomic E-state index is 0.723. The van der Waals surface area contributed by atoms with Gasteiger partial charge in [-0.2, -0.15) is 4.57 Å². The Kier molecular flexibility index (Phi) is 3.56. The normalized spacial score (nSPS) is 15.7. The summed E-state index contributed by atoms with van der Waals surface area (Å²) in [6.07, 6.45) is 7.67. The van der Waals surface area contributed by atoms with Crippen LogP contribution in [0.2, 0.25) is 0 Å². The fraction of sp³-hybridized carbons (Fsp3) is 0.296. The molecule has 4 aromatic rings. The van der Waals surface area contributed by atoms with E-state index in [1.165, 1.54) is 75.2 Å². The molecule has 0 bridgehead atoms. The van der Waals surface area contributed by atoms with Crippen LogP contribution in [-0.2, 0) is 7.05 Å². The number of pyridine rings is 1. The van der Waals surface area contributed by atoms with Crippen LogP contribution in [0.3, 0.4) is 0 Å². The van der Waals surface area contributed by atoms with E-state index in [-0.39, 0.29) is 0 Å². The number of ether oxygens (including phenoxy) is 1. The lowest BCUT2D eigenvalue weighted by Gasteiger charge is -2.23. The molecule has 1 fully saturated rings. The van der Waals surface area contributed by atoms with Crippen molar-refractivity contribution in [3.8, 4) is 22.8 Å². The molecular weight excluding hydrogens is 354 g/mol. The van der Waals surface area contributed by atoms with Crippen molar-refractivity contribution in [2.75, 3.05) is 0 Å². The van der Waals surface area contributed by atoms with Crippen LogP contribution in [0.25, 0.3) is 32.8 Å². The molecule has 3 aromatic carbocycles. The lowest BCUT2D eigenvalue weighted by molar-refractivity contribution is -0.659. The number of hydrogen-bond acceptors (Lipinski definition) is 1. The molecule has 0 unspecified atom stereocenters. The molecule has 2 heterocycles. The Morgan fingerprint density at radius 2 is 1.79 bits per heavy atom. The number of aromatic nitrogens is 1. The summed E-state index contributed by atoms with van der Waals surface area (Å²) < 4.78 is 8.85. The van der Waals surface area contributed by atoms with E-state index >= 15 is 0 Å². The molecule has 1 aliphatic heterocycles. The summed E-state index contributed by atoms with van der Waals surface area (Å²) in [5.74, 6) is 2.69. The maximum atomic E-state index is 6.58. The molecule has 144 valence electrons. The summed E-state index contributed by atoms with van der Waals surface area (Å²) in [4.78, 5) is 0. The minimum atomic E-state index is 0.723. The van der Waals surface area contributed by atoms with E-state index in [1.807, 2.05) is 0 Å². The third kappa shape index (κ3) is 2.38. The third-order valence-electron chi connectivity index (χ3n) is 7.14. The van der Waals surface area contributed by atoms with E-state index in [9.17, 15) is 0 Å². The molecular formula is C27H26NO+. The van der Waals surface area contributed by atoms with Crippen molar-refractivity contribution in [1.82, 2.24) is 0 Å². The smallest absolute Gasteiger partial charge is 0.257 e. The Labute approximate surface area is 171 Å². The first kappa shape index (κ1) is 17.0. The highest BCUT2D eigenvalue weighted by molar-refractivity contribution is 6.07. The largest absolute Gasteiger partial charge is 0.449 e.